The van der Waals surface area contributed by atoms with Gasteiger partial charge in [0.2, 0.25) is 0 Å². The minimum atomic E-state index is -2.80. The average Bonchev–Trinajstić information content (AvgIpc) is 4.10. The number of aliphatic hydroxyl groups excluding tert-OH is 2. The van der Waals surface area contributed by atoms with Crippen LogP contribution in [0.4, 0.5) is 40.3 Å². The molecule has 10 rings (SSSR count). The van der Waals surface area contributed by atoms with E-state index in [1.54, 1.807) is 84.8 Å². The lowest BCUT2D eigenvalue weighted by atomic mass is 9.99. The topological polar surface area (TPSA) is 184 Å². The number of fused-ring (bicyclic) bond motifs is 4. The van der Waals surface area contributed by atoms with Gasteiger partial charge in [-0.2, -0.15) is 10.2 Å². The lowest BCUT2D eigenvalue weighted by Gasteiger charge is -2.23. The third kappa shape index (κ3) is 7.79. The monoisotopic (exact) mass is 858 g/mol. The Balaban J connectivity index is 0.000000158. The number of hydrogen-bond acceptors (Lipinski definition) is 12. The standard InChI is InChI=1S/2C21H21F2N5O3/c2*1-20(12-29)9-13-7-15(16(8-17(13)31-20)27-6-3-21(22,23)11-27)26-19(30)14-10-25-28-5-2-4-24-18(14)28/h2*2,4-5,7-8,10,29H,3,6,9,11-12H2,1H3,(H,26,30)/t2*20-/m10/s1. The molecule has 2 amide bonds. The van der Waals surface area contributed by atoms with Crippen molar-refractivity contribution in [2.75, 3.05) is 59.8 Å². The van der Waals surface area contributed by atoms with Crippen molar-refractivity contribution in [2.45, 2.75) is 62.6 Å². The highest BCUT2D eigenvalue weighted by Crippen LogP contribution is 2.45. The summed E-state index contributed by atoms with van der Waals surface area (Å²) in [7, 11) is 0. The van der Waals surface area contributed by atoms with E-state index >= 15 is 0 Å². The Morgan fingerprint density at radius 2 is 1.11 bits per heavy atom. The fourth-order valence-electron chi connectivity index (χ4n) is 8.24. The normalized spacial score (nSPS) is 21.9. The number of hydrogen-bond donors (Lipinski definition) is 4. The van der Waals surface area contributed by atoms with Gasteiger partial charge in [0.25, 0.3) is 23.7 Å². The van der Waals surface area contributed by atoms with Crippen LogP contribution in [-0.4, -0.2) is 114 Å². The van der Waals surface area contributed by atoms with Crippen LogP contribution < -0.4 is 29.9 Å². The molecule has 4 N–H and O–H groups in total. The molecule has 8 heterocycles. The number of benzene rings is 2. The maximum atomic E-state index is 13.9. The Bertz CT molecular complexity index is 2550. The molecule has 2 fully saturated rings. The molecule has 4 aliphatic rings. The molecule has 16 nitrogen and oxygen atoms in total. The van der Waals surface area contributed by atoms with Crippen LogP contribution in [0.25, 0.3) is 11.3 Å². The molecule has 324 valence electrons. The lowest BCUT2D eigenvalue weighted by Crippen LogP contribution is -2.34. The van der Waals surface area contributed by atoms with Gasteiger partial charge in [0.05, 0.1) is 61.4 Å². The van der Waals surface area contributed by atoms with Crippen LogP contribution in [0.1, 0.15) is 58.5 Å². The van der Waals surface area contributed by atoms with Crippen molar-refractivity contribution in [2.24, 2.45) is 0 Å². The molecule has 4 aromatic heterocycles. The highest BCUT2D eigenvalue weighted by atomic mass is 19.3. The number of carbonyl (C=O) groups excluding carboxylic acids is 2. The summed E-state index contributed by atoms with van der Waals surface area (Å²) in [6.07, 6.45) is 9.68. The first kappa shape index (κ1) is 40.8. The van der Waals surface area contributed by atoms with E-state index in [-0.39, 0.29) is 50.3 Å². The van der Waals surface area contributed by atoms with E-state index < -0.39 is 48.0 Å². The van der Waals surface area contributed by atoms with E-state index in [4.69, 9.17) is 9.47 Å². The number of anilines is 4. The predicted octanol–water partition coefficient (Wildman–Crippen LogP) is 5.03. The van der Waals surface area contributed by atoms with Gasteiger partial charge in [0.1, 0.15) is 33.8 Å². The van der Waals surface area contributed by atoms with Gasteiger partial charge < -0.3 is 40.1 Å². The Hall–Kier alpha value is -6.54. The van der Waals surface area contributed by atoms with Crippen LogP contribution in [0.15, 0.2) is 73.6 Å². The van der Waals surface area contributed by atoms with Gasteiger partial charge in [0.15, 0.2) is 11.3 Å². The third-order valence-electron chi connectivity index (χ3n) is 11.4. The Kier molecular flexibility index (Phi) is 9.96. The summed E-state index contributed by atoms with van der Waals surface area (Å²) in [6.45, 7) is 2.62. The van der Waals surface area contributed by atoms with Gasteiger partial charge in [0, 0.05) is 86.8 Å². The van der Waals surface area contributed by atoms with E-state index in [0.717, 1.165) is 11.1 Å². The van der Waals surface area contributed by atoms with Crippen LogP contribution in [-0.2, 0) is 12.8 Å². The molecule has 4 aliphatic heterocycles. The van der Waals surface area contributed by atoms with E-state index in [1.165, 1.54) is 21.4 Å². The number of rotatable bonds is 8. The van der Waals surface area contributed by atoms with E-state index in [2.05, 4.69) is 30.8 Å². The molecule has 0 bridgehead atoms. The van der Waals surface area contributed by atoms with Crippen molar-refractivity contribution in [3.05, 3.63) is 95.8 Å². The van der Waals surface area contributed by atoms with Gasteiger partial charge in [-0.15, -0.1) is 0 Å². The Labute approximate surface area is 351 Å². The second kappa shape index (κ2) is 15.1. The molecular formula is C42H42F4N10O6. The summed E-state index contributed by atoms with van der Waals surface area (Å²) in [5, 5.41) is 33.3. The lowest BCUT2D eigenvalue weighted by molar-refractivity contribution is 0.0250. The average molecular weight is 859 g/mol. The zero-order chi connectivity index (χ0) is 43.6. The summed E-state index contributed by atoms with van der Waals surface area (Å²) in [5.74, 6) is -5.43. The van der Waals surface area contributed by atoms with E-state index in [9.17, 15) is 37.4 Å². The molecular weight excluding hydrogens is 817 g/mol. The number of nitrogens with one attached hydrogen (secondary N) is 2. The van der Waals surface area contributed by atoms with Crippen LogP contribution >= 0.6 is 0 Å². The maximum absolute atomic E-state index is 13.9. The molecule has 0 saturated carbocycles. The van der Waals surface area contributed by atoms with Gasteiger partial charge in [-0.25, -0.2) is 36.6 Å². The number of aliphatic hydroxyl groups is 2. The number of halogens is 4. The minimum absolute atomic E-state index is 0.157. The fourth-order valence-corrected chi connectivity index (χ4v) is 8.24. The smallest absolute Gasteiger partial charge is 0.266 e. The zero-order valence-corrected chi connectivity index (χ0v) is 33.6. The van der Waals surface area contributed by atoms with Crippen LogP contribution in [0.5, 0.6) is 11.5 Å². The second-order valence-corrected chi connectivity index (χ2v) is 16.6. The van der Waals surface area contributed by atoms with E-state index in [0.29, 0.717) is 58.4 Å². The number of ether oxygens (including phenoxy) is 2. The highest BCUT2D eigenvalue weighted by molar-refractivity contribution is 6.10. The van der Waals surface area contributed by atoms with Crippen LogP contribution in [0.3, 0.4) is 0 Å². The van der Waals surface area contributed by atoms with Crippen LogP contribution in [0.2, 0.25) is 0 Å². The molecule has 2 saturated heterocycles. The molecule has 2 atom stereocenters. The number of amides is 2. The van der Waals surface area contributed by atoms with Crippen molar-refractivity contribution >= 4 is 45.9 Å². The first-order valence-electron chi connectivity index (χ1n) is 19.9. The Morgan fingerprint density at radius 3 is 1.48 bits per heavy atom. The first-order valence-corrected chi connectivity index (χ1v) is 19.9. The molecule has 0 spiro atoms. The van der Waals surface area contributed by atoms with E-state index in [1.807, 2.05) is 0 Å². The molecule has 0 unspecified atom stereocenters. The second-order valence-electron chi connectivity index (χ2n) is 16.6. The van der Waals surface area contributed by atoms with Gasteiger partial charge in [-0.05, 0) is 38.1 Å². The largest absolute Gasteiger partial charge is 0.484 e. The van der Waals surface area contributed by atoms with Gasteiger partial charge in [-0.1, -0.05) is 0 Å². The highest BCUT2D eigenvalue weighted by Gasteiger charge is 2.43. The van der Waals surface area contributed by atoms with Crippen molar-refractivity contribution in [3.8, 4) is 11.5 Å². The summed E-state index contributed by atoms with van der Waals surface area (Å²) in [4.78, 5) is 37.5. The van der Waals surface area contributed by atoms with Crippen molar-refractivity contribution in [1.82, 2.24) is 29.2 Å². The molecule has 2 aromatic carbocycles. The molecule has 20 heteroatoms. The zero-order valence-electron chi connectivity index (χ0n) is 33.6. The van der Waals surface area contributed by atoms with Gasteiger partial charge in [-0.3, -0.25) is 9.59 Å². The van der Waals surface area contributed by atoms with Crippen molar-refractivity contribution < 1.29 is 46.8 Å². The molecule has 6 aromatic rings. The third-order valence-corrected chi connectivity index (χ3v) is 11.4. The number of alkyl halides is 4. The van der Waals surface area contributed by atoms with Crippen molar-refractivity contribution in [3.63, 3.8) is 0 Å². The van der Waals surface area contributed by atoms with Gasteiger partial charge >= 0.3 is 0 Å². The molecule has 0 radical (unpaired) electrons. The molecule has 0 aliphatic carbocycles. The van der Waals surface area contributed by atoms with Crippen molar-refractivity contribution in [1.29, 1.82) is 0 Å². The Morgan fingerprint density at radius 1 is 0.694 bits per heavy atom. The number of carbonyl (C=O) groups is 2. The SMILES string of the molecule is C[C@@]1(CO)Cc2cc(NC(=O)c3cnn4cccnc34)c(N3CCC(F)(F)C3)cc2O1.C[C@]1(CO)Cc2cc(NC(=O)c3cnn4cccnc34)c(N3CCC(F)(F)C3)cc2O1. The first-order chi connectivity index (χ1) is 29.5. The summed E-state index contributed by atoms with van der Waals surface area (Å²) in [5.41, 5.74) is 3.06. The molecule has 62 heavy (non-hydrogen) atoms. The summed E-state index contributed by atoms with van der Waals surface area (Å²) < 4.78 is 70.4. The fraction of sp³-hybridized carbons (Fsp3) is 0.381. The predicted molar refractivity (Wildman–Crippen MR) is 218 cm³/mol. The minimum Gasteiger partial charge on any atom is -0.484 e. The van der Waals surface area contributed by atoms with Crippen LogP contribution in [0, 0.1) is 0 Å². The number of aromatic nitrogens is 6. The quantitative estimate of drug-likeness (QED) is 0.150. The summed E-state index contributed by atoms with van der Waals surface area (Å²) in [6, 6.07) is 10.2. The number of nitrogens with zero attached hydrogens (tertiary/aromatic N) is 8. The maximum Gasteiger partial charge on any atom is 0.266 e. The summed E-state index contributed by atoms with van der Waals surface area (Å²) >= 11 is 0.